The van der Waals surface area contributed by atoms with Crippen molar-refractivity contribution in [1.29, 1.82) is 5.26 Å². The summed E-state index contributed by atoms with van der Waals surface area (Å²) in [5, 5.41) is 9.10. The number of nitriles is 1. The number of benzene rings is 2. The molecule has 0 saturated carbocycles. The van der Waals surface area contributed by atoms with E-state index in [1.165, 1.54) is 6.08 Å². The maximum Gasteiger partial charge on any atom is 0.417 e. The predicted molar refractivity (Wildman–Crippen MR) is 174 cm³/mol. The lowest BCUT2D eigenvalue weighted by Crippen LogP contribution is -2.43. The molecule has 2 aliphatic heterocycles. The average molecular weight is 704 g/mol. The molecular formula is C33H31F6N7O2S. The second-order valence-corrected chi connectivity index (χ2v) is 13.3. The number of nitrogen functional groups attached to an aromatic ring is 1. The Labute approximate surface area is 281 Å². The highest BCUT2D eigenvalue weighted by Gasteiger charge is 2.40. The van der Waals surface area contributed by atoms with Crippen LogP contribution in [0.2, 0.25) is 0 Å². The molecule has 9 nitrogen and oxygen atoms in total. The number of aromatic nitrogens is 2. The highest BCUT2D eigenvalue weighted by Crippen LogP contribution is 2.48. The number of thiophene rings is 1. The number of fused-ring (bicyclic) bond motifs is 2. The van der Waals surface area contributed by atoms with E-state index in [1.54, 1.807) is 41.8 Å². The van der Waals surface area contributed by atoms with Crippen molar-refractivity contribution >= 4 is 49.1 Å². The van der Waals surface area contributed by atoms with Crippen molar-refractivity contribution in [3.63, 3.8) is 0 Å². The average Bonchev–Trinajstić information content (AvgIpc) is 3.71. The zero-order valence-corrected chi connectivity index (χ0v) is 27.4. The summed E-state index contributed by atoms with van der Waals surface area (Å²) in [6.45, 7) is 5.75. The van der Waals surface area contributed by atoms with Gasteiger partial charge in [0.05, 0.1) is 21.9 Å². The van der Waals surface area contributed by atoms with Gasteiger partial charge in [-0.2, -0.15) is 28.4 Å². The smallest absolute Gasteiger partial charge is 0.417 e. The van der Waals surface area contributed by atoms with Gasteiger partial charge in [-0.3, -0.25) is 9.69 Å². The van der Waals surface area contributed by atoms with Gasteiger partial charge in [0.2, 0.25) is 5.91 Å². The van der Waals surface area contributed by atoms with Gasteiger partial charge in [-0.25, -0.2) is 13.2 Å². The van der Waals surface area contributed by atoms with E-state index in [0.29, 0.717) is 24.3 Å². The second-order valence-electron chi connectivity index (χ2n) is 12.3. The third-order valence-electron chi connectivity index (χ3n) is 9.44. The van der Waals surface area contributed by atoms with Crippen LogP contribution >= 0.6 is 11.3 Å². The van der Waals surface area contributed by atoms with E-state index in [4.69, 9.17) is 10.5 Å². The molecule has 4 unspecified atom stereocenters. The molecule has 2 fully saturated rings. The Balaban J connectivity index is 1.59. The third kappa shape index (κ3) is 5.88. The summed E-state index contributed by atoms with van der Waals surface area (Å²) < 4.78 is 96.4. The first kappa shape index (κ1) is 34.3. The molecule has 2 aliphatic rings. The number of nitrogens with two attached hydrogens (primary N) is 1. The number of carbonyl (C=O) groups excluding carboxylic acids is 1. The topological polar surface area (TPSA) is 112 Å². The molecule has 1 amide bonds. The van der Waals surface area contributed by atoms with E-state index in [2.05, 4.69) is 16.5 Å². The molecule has 258 valence electrons. The molecule has 2 N–H and O–H groups in total. The van der Waals surface area contributed by atoms with E-state index < -0.39 is 58.3 Å². The first-order valence-electron chi connectivity index (χ1n) is 15.3. The number of ether oxygens (including phenoxy) is 1. The van der Waals surface area contributed by atoms with Gasteiger partial charge in [-0.05, 0) is 50.6 Å². The normalized spacial score (nSPS) is 21.4. The minimum atomic E-state index is -5.13. The van der Waals surface area contributed by atoms with Gasteiger partial charge in [0, 0.05) is 48.6 Å². The van der Waals surface area contributed by atoms with E-state index in [1.807, 2.05) is 0 Å². The van der Waals surface area contributed by atoms with Crippen molar-refractivity contribution in [3.8, 4) is 23.2 Å². The summed E-state index contributed by atoms with van der Waals surface area (Å²) in [6.07, 6.45) is -4.46. The number of anilines is 2. The van der Waals surface area contributed by atoms with Crippen molar-refractivity contribution in [1.82, 2.24) is 19.8 Å². The number of carbonyl (C=O) groups is 1. The number of hydrogen-bond acceptors (Lipinski definition) is 9. The first-order valence-corrected chi connectivity index (χ1v) is 16.1. The number of rotatable bonds is 7. The van der Waals surface area contributed by atoms with Crippen molar-refractivity contribution in [2.75, 3.05) is 44.4 Å². The maximum absolute atomic E-state index is 17.0. The van der Waals surface area contributed by atoms with E-state index in [9.17, 15) is 32.0 Å². The standard InChI is InChI=1S/C33H31F6N7O2S/c1-5-24(47)46-9-8-23(15(46)2)45(4)31-19-11-21(33(37,38)39)26(18-6-7-22(35)29-25(18)20(12-40)30(41)49-29)27(36)28(19)42-32(43-31)48-14-17-10-16(34)13-44(17)3/h5-7,11,15-17,23H,1,8-10,13-14,41H2,2-4H3. The molecule has 49 heavy (non-hydrogen) atoms. The number of alkyl halides is 4. The van der Waals surface area contributed by atoms with Gasteiger partial charge in [0.25, 0.3) is 0 Å². The van der Waals surface area contributed by atoms with Crippen LogP contribution in [-0.2, 0) is 11.0 Å². The Bertz CT molecular complexity index is 2030. The van der Waals surface area contributed by atoms with Crippen LogP contribution < -0.4 is 15.4 Å². The van der Waals surface area contributed by atoms with Gasteiger partial charge in [-0.15, -0.1) is 11.3 Å². The van der Waals surface area contributed by atoms with Crippen molar-refractivity contribution in [2.24, 2.45) is 0 Å². The minimum absolute atomic E-state index is 0.0829. The second kappa shape index (κ2) is 12.7. The van der Waals surface area contributed by atoms with Crippen LogP contribution in [0.15, 0.2) is 30.9 Å². The van der Waals surface area contributed by atoms with Gasteiger partial charge < -0.3 is 20.3 Å². The summed E-state index contributed by atoms with van der Waals surface area (Å²) in [5.41, 5.74) is 2.37. The monoisotopic (exact) mass is 703 g/mol. The van der Waals surface area contributed by atoms with Crippen LogP contribution in [0.5, 0.6) is 6.01 Å². The fourth-order valence-electron chi connectivity index (χ4n) is 6.92. The Kier molecular flexibility index (Phi) is 8.86. The fourth-order valence-corrected chi connectivity index (χ4v) is 7.87. The minimum Gasteiger partial charge on any atom is -0.462 e. The highest BCUT2D eigenvalue weighted by atomic mass is 32.1. The summed E-state index contributed by atoms with van der Waals surface area (Å²) in [4.78, 5) is 26.0. The quantitative estimate of drug-likeness (QED) is 0.177. The molecule has 4 aromatic rings. The van der Waals surface area contributed by atoms with Gasteiger partial charge >= 0.3 is 12.2 Å². The first-order chi connectivity index (χ1) is 23.2. The number of halogens is 6. The molecule has 0 radical (unpaired) electrons. The van der Waals surface area contributed by atoms with Crippen LogP contribution in [0.4, 0.5) is 37.2 Å². The van der Waals surface area contributed by atoms with Crippen molar-refractivity contribution in [3.05, 3.63) is 53.6 Å². The molecule has 6 rings (SSSR count). The maximum atomic E-state index is 17.0. The van der Waals surface area contributed by atoms with Gasteiger partial charge in [0.15, 0.2) is 5.82 Å². The molecule has 4 heterocycles. The number of amides is 1. The number of hydrogen-bond donors (Lipinski definition) is 1. The Morgan fingerprint density at radius 2 is 2.04 bits per heavy atom. The largest absolute Gasteiger partial charge is 0.462 e. The molecule has 0 aliphatic carbocycles. The van der Waals surface area contributed by atoms with Crippen molar-refractivity contribution < 1.29 is 35.9 Å². The molecule has 0 bridgehead atoms. The third-order valence-corrected chi connectivity index (χ3v) is 10.5. The lowest BCUT2D eigenvalue weighted by molar-refractivity contribution is -0.137. The van der Waals surface area contributed by atoms with E-state index in [0.717, 1.165) is 18.2 Å². The molecule has 16 heteroatoms. The summed E-state index contributed by atoms with van der Waals surface area (Å²) >= 11 is 0.667. The van der Waals surface area contributed by atoms with Crippen molar-refractivity contribution in [2.45, 2.75) is 50.2 Å². The van der Waals surface area contributed by atoms with Crippen LogP contribution in [0, 0.1) is 23.0 Å². The summed E-state index contributed by atoms with van der Waals surface area (Å²) in [5.74, 6) is -2.66. The molecule has 2 aromatic carbocycles. The van der Waals surface area contributed by atoms with Crippen LogP contribution in [0.25, 0.3) is 32.1 Å². The van der Waals surface area contributed by atoms with Crippen LogP contribution in [0.3, 0.4) is 0 Å². The summed E-state index contributed by atoms with van der Waals surface area (Å²) in [6, 6.07) is 2.79. The Morgan fingerprint density at radius 3 is 2.67 bits per heavy atom. The Hall–Kier alpha value is -4.62. The van der Waals surface area contributed by atoms with E-state index in [-0.39, 0.29) is 69.4 Å². The molecular weight excluding hydrogens is 672 g/mol. The number of likely N-dealkylation sites (tertiary alicyclic amines) is 2. The molecule has 2 aromatic heterocycles. The zero-order chi connectivity index (χ0) is 35.5. The lowest BCUT2D eigenvalue weighted by atomic mass is 9.92. The SMILES string of the molecule is C=CC(=O)N1CCC(N(C)c2nc(OCC3CC(F)CN3C)nc3c(F)c(-c4ccc(F)c5sc(N)c(C#N)c45)c(C(F)(F)F)cc23)C1C. The molecule has 4 atom stereocenters. The van der Waals surface area contributed by atoms with Gasteiger partial charge in [0.1, 0.15) is 41.0 Å². The van der Waals surface area contributed by atoms with Crippen LogP contribution in [0.1, 0.15) is 30.9 Å². The molecule has 2 saturated heterocycles. The summed E-state index contributed by atoms with van der Waals surface area (Å²) in [7, 11) is 3.29. The Morgan fingerprint density at radius 1 is 1.31 bits per heavy atom. The zero-order valence-electron chi connectivity index (χ0n) is 26.6. The number of nitrogens with zero attached hydrogens (tertiary/aromatic N) is 6. The van der Waals surface area contributed by atoms with Gasteiger partial charge in [-0.1, -0.05) is 12.6 Å². The molecule has 0 spiro atoms. The predicted octanol–water partition coefficient (Wildman–Crippen LogP) is 6.29. The fraction of sp³-hybridized carbons (Fsp3) is 0.394. The van der Waals surface area contributed by atoms with E-state index >= 15 is 4.39 Å². The lowest BCUT2D eigenvalue weighted by Gasteiger charge is -2.32. The number of likely N-dealkylation sites (N-methyl/N-ethyl adjacent to an activating group) is 2. The highest BCUT2D eigenvalue weighted by molar-refractivity contribution is 7.23. The van der Waals surface area contributed by atoms with Crippen LogP contribution in [-0.4, -0.2) is 83.8 Å².